The summed E-state index contributed by atoms with van der Waals surface area (Å²) >= 11 is 12.0. The minimum atomic E-state index is -0.628. The molecule has 0 unspecified atom stereocenters. The smallest absolute Gasteiger partial charge is 0.413 e. The Kier molecular flexibility index (Phi) is 6.53. The SMILES string of the molecule is COC(=O)Nc1nc2cc(Oc3cccc(NC(=O)Nc4cc(Cl)ccc4Cl)c3)ccc2[nH]1. The maximum absolute atomic E-state index is 12.3. The normalized spacial score (nSPS) is 10.5. The average molecular weight is 486 g/mol. The molecule has 11 heteroatoms. The van der Waals surface area contributed by atoms with Crippen LogP contribution in [-0.4, -0.2) is 29.2 Å². The van der Waals surface area contributed by atoms with Crippen molar-refractivity contribution in [2.45, 2.75) is 0 Å². The van der Waals surface area contributed by atoms with Crippen LogP contribution in [0.4, 0.5) is 26.9 Å². The van der Waals surface area contributed by atoms with E-state index >= 15 is 0 Å². The van der Waals surface area contributed by atoms with Crippen molar-refractivity contribution < 1.29 is 19.1 Å². The Morgan fingerprint density at radius 1 is 0.939 bits per heavy atom. The van der Waals surface area contributed by atoms with Gasteiger partial charge in [0.1, 0.15) is 11.5 Å². The molecule has 1 aromatic heterocycles. The fourth-order valence-electron chi connectivity index (χ4n) is 2.91. The minimum Gasteiger partial charge on any atom is -0.457 e. The standard InChI is InChI=1S/C22H17Cl2N5O4/c1-32-22(31)29-20-26-17-8-6-15(11-19(17)27-20)33-14-4-2-3-13(10-14)25-21(30)28-18-9-12(23)5-7-16(18)24/h2-11H,1H3,(H2,25,28,30)(H2,26,27,29,31). The summed E-state index contributed by atoms with van der Waals surface area (Å²) in [6.45, 7) is 0. The van der Waals surface area contributed by atoms with E-state index in [0.29, 0.717) is 44.0 Å². The van der Waals surface area contributed by atoms with Gasteiger partial charge in [0.15, 0.2) is 0 Å². The van der Waals surface area contributed by atoms with Crippen molar-refractivity contribution >= 4 is 63.7 Å². The molecule has 3 aromatic carbocycles. The first kappa shape index (κ1) is 22.3. The van der Waals surface area contributed by atoms with Gasteiger partial charge in [0.05, 0.1) is 28.9 Å². The Balaban J connectivity index is 1.44. The fourth-order valence-corrected chi connectivity index (χ4v) is 3.24. The Morgan fingerprint density at radius 3 is 2.58 bits per heavy atom. The van der Waals surface area contributed by atoms with Gasteiger partial charge in [-0.3, -0.25) is 5.32 Å². The van der Waals surface area contributed by atoms with Crippen molar-refractivity contribution in [3.8, 4) is 11.5 Å². The highest BCUT2D eigenvalue weighted by Gasteiger charge is 2.10. The molecular weight excluding hydrogens is 469 g/mol. The number of halogens is 2. The van der Waals surface area contributed by atoms with Gasteiger partial charge in [-0.1, -0.05) is 29.3 Å². The van der Waals surface area contributed by atoms with Crippen molar-refractivity contribution in [2.75, 3.05) is 23.1 Å². The molecular formula is C22H17Cl2N5O4. The summed E-state index contributed by atoms with van der Waals surface area (Å²) in [4.78, 5) is 30.9. The van der Waals surface area contributed by atoms with Crippen LogP contribution in [0.5, 0.6) is 11.5 Å². The van der Waals surface area contributed by atoms with E-state index in [-0.39, 0.29) is 5.95 Å². The van der Waals surface area contributed by atoms with Crippen LogP contribution in [0.15, 0.2) is 60.7 Å². The van der Waals surface area contributed by atoms with Gasteiger partial charge in [0.2, 0.25) is 5.95 Å². The molecule has 0 bridgehead atoms. The average Bonchev–Trinajstić information content (AvgIpc) is 3.17. The predicted octanol–water partition coefficient (Wildman–Crippen LogP) is 6.48. The highest BCUT2D eigenvalue weighted by molar-refractivity contribution is 6.35. The number of H-pyrrole nitrogens is 1. The molecule has 33 heavy (non-hydrogen) atoms. The maximum atomic E-state index is 12.3. The van der Waals surface area contributed by atoms with E-state index in [1.807, 2.05) is 0 Å². The van der Waals surface area contributed by atoms with Gasteiger partial charge in [0.25, 0.3) is 0 Å². The van der Waals surface area contributed by atoms with E-state index in [2.05, 4.69) is 30.7 Å². The summed E-state index contributed by atoms with van der Waals surface area (Å²) in [6, 6.07) is 16.4. The Hall–Kier alpha value is -3.95. The minimum absolute atomic E-state index is 0.256. The molecule has 0 radical (unpaired) electrons. The number of carbonyl (C=O) groups is 2. The molecule has 0 atom stereocenters. The molecule has 0 saturated heterocycles. The van der Waals surface area contributed by atoms with Gasteiger partial charge in [-0.15, -0.1) is 0 Å². The molecule has 0 aliphatic rings. The molecule has 9 nitrogen and oxygen atoms in total. The monoisotopic (exact) mass is 485 g/mol. The summed E-state index contributed by atoms with van der Waals surface area (Å²) in [5.41, 5.74) is 2.20. The van der Waals surface area contributed by atoms with E-state index in [1.54, 1.807) is 60.7 Å². The number of anilines is 3. The van der Waals surface area contributed by atoms with Gasteiger partial charge in [-0.25, -0.2) is 14.6 Å². The zero-order valence-corrected chi connectivity index (χ0v) is 18.6. The molecule has 3 amide bonds. The predicted molar refractivity (Wildman–Crippen MR) is 128 cm³/mol. The highest BCUT2D eigenvalue weighted by Crippen LogP contribution is 2.28. The number of amides is 3. The van der Waals surface area contributed by atoms with Crippen LogP contribution in [0.25, 0.3) is 11.0 Å². The molecule has 0 fully saturated rings. The first-order chi connectivity index (χ1) is 15.9. The fraction of sp³-hybridized carbons (Fsp3) is 0.0455. The lowest BCUT2D eigenvalue weighted by Crippen LogP contribution is -2.19. The summed E-state index contributed by atoms with van der Waals surface area (Å²) < 4.78 is 10.5. The van der Waals surface area contributed by atoms with Gasteiger partial charge in [-0.2, -0.15) is 0 Å². The van der Waals surface area contributed by atoms with E-state index in [1.165, 1.54) is 7.11 Å². The first-order valence-electron chi connectivity index (χ1n) is 9.55. The van der Waals surface area contributed by atoms with E-state index in [4.69, 9.17) is 27.9 Å². The molecule has 0 aliphatic heterocycles. The van der Waals surface area contributed by atoms with Gasteiger partial charge in [-0.05, 0) is 42.5 Å². The second-order valence-electron chi connectivity index (χ2n) is 6.71. The van der Waals surface area contributed by atoms with Crippen LogP contribution in [0, 0.1) is 0 Å². The number of fused-ring (bicyclic) bond motifs is 1. The number of aromatic nitrogens is 2. The lowest BCUT2D eigenvalue weighted by Gasteiger charge is -2.11. The maximum Gasteiger partial charge on any atom is 0.413 e. The number of carbonyl (C=O) groups excluding carboxylic acids is 2. The molecule has 1 heterocycles. The number of methoxy groups -OCH3 is 1. The second-order valence-corrected chi connectivity index (χ2v) is 7.56. The Bertz CT molecular complexity index is 1340. The van der Waals surface area contributed by atoms with Gasteiger partial charge >= 0.3 is 12.1 Å². The number of nitrogens with one attached hydrogen (secondary N) is 4. The van der Waals surface area contributed by atoms with Gasteiger partial charge in [0, 0.05) is 22.8 Å². The van der Waals surface area contributed by atoms with Crippen molar-refractivity contribution in [1.29, 1.82) is 0 Å². The molecule has 0 aliphatic carbocycles. The van der Waals surface area contributed by atoms with Crippen molar-refractivity contribution in [3.63, 3.8) is 0 Å². The third-order valence-corrected chi connectivity index (χ3v) is 4.93. The van der Waals surface area contributed by atoms with Crippen LogP contribution in [-0.2, 0) is 4.74 Å². The topological polar surface area (TPSA) is 117 Å². The van der Waals surface area contributed by atoms with E-state index in [9.17, 15) is 9.59 Å². The summed E-state index contributed by atoms with van der Waals surface area (Å²) in [7, 11) is 1.27. The zero-order valence-electron chi connectivity index (χ0n) is 17.1. The van der Waals surface area contributed by atoms with Crippen molar-refractivity contribution in [1.82, 2.24) is 9.97 Å². The second kappa shape index (κ2) is 9.68. The lowest BCUT2D eigenvalue weighted by atomic mass is 10.3. The van der Waals surface area contributed by atoms with E-state index in [0.717, 1.165) is 0 Å². The summed E-state index contributed by atoms with van der Waals surface area (Å²) in [5, 5.41) is 8.66. The third kappa shape index (κ3) is 5.65. The number of benzene rings is 3. The molecule has 168 valence electrons. The number of urea groups is 1. The molecule has 4 rings (SSSR count). The Morgan fingerprint density at radius 2 is 1.76 bits per heavy atom. The number of nitrogens with zero attached hydrogens (tertiary/aromatic N) is 1. The van der Waals surface area contributed by atoms with Crippen LogP contribution < -0.4 is 20.7 Å². The molecule has 4 aromatic rings. The number of aromatic amines is 1. The number of imidazole rings is 1. The van der Waals surface area contributed by atoms with Crippen molar-refractivity contribution in [3.05, 3.63) is 70.7 Å². The van der Waals surface area contributed by atoms with Gasteiger partial charge < -0.3 is 25.1 Å². The summed E-state index contributed by atoms with van der Waals surface area (Å²) in [5.74, 6) is 1.27. The number of ether oxygens (including phenoxy) is 2. The molecule has 0 saturated carbocycles. The Labute approximate surface area is 198 Å². The van der Waals surface area contributed by atoms with Crippen LogP contribution in [0.1, 0.15) is 0 Å². The number of rotatable bonds is 5. The quantitative estimate of drug-likeness (QED) is 0.257. The zero-order chi connectivity index (χ0) is 23.4. The van der Waals surface area contributed by atoms with Crippen LogP contribution >= 0.6 is 23.2 Å². The first-order valence-corrected chi connectivity index (χ1v) is 10.3. The number of hydrogen-bond acceptors (Lipinski definition) is 5. The number of hydrogen-bond donors (Lipinski definition) is 4. The van der Waals surface area contributed by atoms with Crippen LogP contribution in [0.3, 0.4) is 0 Å². The van der Waals surface area contributed by atoms with E-state index < -0.39 is 12.1 Å². The highest BCUT2D eigenvalue weighted by atomic mass is 35.5. The summed E-state index contributed by atoms with van der Waals surface area (Å²) in [6.07, 6.45) is -0.628. The van der Waals surface area contributed by atoms with Crippen molar-refractivity contribution in [2.24, 2.45) is 0 Å². The molecule has 0 spiro atoms. The van der Waals surface area contributed by atoms with Crippen LogP contribution in [0.2, 0.25) is 10.0 Å². The lowest BCUT2D eigenvalue weighted by molar-refractivity contribution is 0.186. The largest absolute Gasteiger partial charge is 0.457 e. The molecule has 4 N–H and O–H groups in total. The third-order valence-electron chi connectivity index (χ3n) is 4.36.